The van der Waals surface area contributed by atoms with E-state index in [1.807, 2.05) is 20.8 Å². The van der Waals surface area contributed by atoms with Gasteiger partial charge in [0, 0.05) is 29.4 Å². The zero-order valence-corrected chi connectivity index (χ0v) is 14.7. The predicted molar refractivity (Wildman–Crippen MR) is 95.8 cm³/mol. The van der Waals surface area contributed by atoms with Gasteiger partial charge in [-0.3, -0.25) is 10.1 Å². The first kappa shape index (κ1) is 17.6. The molecule has 9 heteroatoms. The van der Waals surface area contributed by atoms with Gasteiger partial charge in [-0.2, -0.15) is 4.98 Å². The molecule has 0 amide bonds. The van der Waals surface area contributed by atoms with E-state index in [1.54, 1.807) is 18.3 Å². The number of hydrogen-bond donors (Lipinski definition) is 3. The minimum absolute atomic E-state index is 0.0148. The molecule has 0 bridgehead atoms. The number of nitrogens with one attached hydrogen (secondary N) is 2. The highest BCUT2D eigenvalue weighted by Gasteiger charge is 2.17. The lowest BCUT2D eigenvalue weighted by atomic mass is 9.99. The number of anilines is 3. The van der Waals surface area contributed by atoms with Gasteiger partial charge in [-0.25, -0.2) is 9.37 Å². The Morgan fingerprint density at radius 3 is 2.69 bits per heavy atom. The zero-order valence-electron chi connectivity index (χ0n) is 14.7. The smallest absolute Gasteiger partial charge is 0.234 e. The van der Waals surface area contributed by atoms with Gasteiger partial charge in [0.15, 0.2) is 0 Å². The van der Waals surface area contributed by atoms with Crippen molar-refractivity contribution in [2.45, 2.75) is 32.8 Å². The molecule has 26 heavy (non-hydrogen) atoms. The van der Waals surface area contributed by atoms with E-state index in [2.05, 4.69) is 30.5 Å². The van der Waals surface area contributed by atoms with Gasteiger partial charge in [0.1, 0.15) is 17.5 Å². The van der Waals surface area contributed by atoms with Gasteiger partial charge < -0.3 is 15.8 Å². The van der Waals surface area contributed by atoms with Crippen LogP contribution in [0.5, 0.6) is 5.88 Å². The van der Waals surface area contributed by atoms with Crippen LogP contribution in [-0.4, -0.2) is 31.3 Å². The number of aromatic amines is 1. The van der Waals surface area contributed by atoms with Crippen LogP contribution in [0.4, 0.5) is 22.0 Å². The van der Waals surface area contributed by atoms with Crippen molar-refractivity contribution in [2.75, 3.05) is 11.1 Å². The minimum atomic E-state index is -0.386. The maximum atomic E-state index is 13.1. The van der Waals surface area contributed by atoms with Crippen molar-refractivity contribution in [1.82, 2.24) is 25.1 Å². The summed E-state index contributed by atoms with van der Waals surface area (Å²) in [5.74, 6) is 1.15. The summed E-state index contributed by atoms with van der Waals surface area (Å²) in [6.07, 6.45) is 2.82. The quantitative estimate of drug-likeness (QED) is 0.621. The van der Waals surface area contributed by atoms with E-state index < -0.39 is 0 Å². The molecule has 3 heterocycles. The fraction of sp³-hybridized carbons (Fsp3) is 0.294. The summed E-state index contributed by atoms with van der Waals surface area (Å²) >= 11 is 0. The molecule has 3 aromatic rings. The van der Waals surface area contributed by atoms with Crippen LogP contribution in [0.25, 0.3) is 0 Å². The molecule has 1 atom stereocenters. The van der Waals surface area contributed by atoms with Crippen molar-refractivity contribution in [3.8, 4) is 5.88 Å². The molecule has 0 saturated carbocycles. The van der Waals surface area contributed by atoms with E-state index >= 15 is 0 Å². The minimum Gasteiger partial charge on any atom is -0.474 e. The second kappa shape index (κ2) is 7.34. The van der Waals surface area contributed by atoms with Crippen LogP contribution in [0.15, 0.2) is 30.6 Å². The maximum absolute atomic E-state index is 13.1. The number of H-pyrrole nitrogens is 1. The summed E-state index contributed by atoms with van der Waals surface area (Å²) < 4.78 is 18.7. The first-order chi connectivity index (χ1) is 12.4. The zero-order chi connectivity index (χ0) is 18.7. The number of nitrogen functional groups attached to an aromatic ring is 1. The average Bonchev–Trinajstić information content (AvgIpc) is 3.01. The third-order valence-electron chi connectivity index (χ3n) is 3.66. The summed E-state index contributed by atoms with van der Waals surface area (Å²) in [6.45, 7) is 5.77. The lowest BCUT2D eigenvalue weighted by molar-refractivity contribution is 0.232. The van der Waals surface area contributed by atoms with E-state index in [1.165, 1.54) is 12.3 Å². The second-order valence-corrected chi connectivity index (χ2v) is 6.07. The number of nitrogens with zero attached hydrogens (tertiary/aromatic N) is 4. The molecule has 1 unspecified atom stereocenters. The van der Waals surface area contributed by atoms with Gasteiger partial charge in [0.2, 0.25) is 11.8 Å². The highest BCUT2D eigenvalue weighted by molar-refractivity contribution is 5.59. The molecular formula is C17H20FN7O. The number of pyridine rings is 1. The predicted octanol–water partition coefficient (Wildman–Crippen LogP) is 3.00. The molecule has 0 aliphatic heterocycles. The monoisotopic (exact) mass is 357 g/mol. The summed E-state index contributed by atoms with van der Waals surface area (Å²) in [5, 5.41) is 10.1. The third-order valence-corrected chi connectivity index (χ3v) is 3.66. The summed E-state index contributed by atoms with van der Waals surface area (Å²) in [4.78, 5) is 12.5. The van der Waals surface area contributed by atoms with Crippen molar-refractivity contribution in [2.24, 2.45) is 0 Å². The van der Waals surface area contributed by atoms with Crippen LogP contribution in [0.1, 0.15) is 37.9 Å². The Kier molecular flexibility index (Phi) is 4.97. The average molecular weight is 357 g/mol. The Labute approximate surface area is 150 Å². The van der Waals surface area contributed by atoms with Crippen LogP contribution in [0.3, 0.4) is 0 Å². The third kappa shape index (κ3) is 4.05. The molecule has 3 aromatic heterocycles. The molecule has 0 saturated heterocycles. The van der Waals surface area contributed by atoms with Gasteiger partial charge in [-0.1, -0.05) is 6.92 Å². The second-order valence-electron chi connectivity index (χ2n) is 6.07. The molecule has 136 valence electrons. The molecule has 0 aromatic carbocycles. The molecular weight excluding hydrogens is 337 g/mol. The Bertz CT molecular complexity index is 879. The Morgan fingerprint density at radius 2 is 2.00 bits per heavy atom. The lowest BCUT2D eigenvalue weighted by Crippen LogP contribution is -2.08. The normalized spacial score (nSPS) is 12.2. The maximum Gasteiger partial charge on any atom is 0.234 e. The Hall–Kier alpha value is -3.23. The van der Waals surface area contributed by atoms with Crippen molar-refractivity contribution < 1.29 is 9.13 Å². The van der Waals surface area contributed by atoms with E-state index in [9.17, 15) is 4.39 Å². The molecule has 0 spiro atoms. The Balaban J connectivity index is 1.88. The van der Waals surface area contributed by atoms with Crippen LogP contribution in [-0.2, 0) is 0 Å². The molecule has 0 aliphatic rings. The molecule has 0 aliphatic carbocycles. The van der Waals surface area contributed by atoms with Crippen LogP contribution < -0.4 is 15.8 Å². The van der Waals surface area contributed by atoms with E-state index in [0.717, 1.165) is 5.56 Å². The summed E-state index contributed by atoms with van der Waals surface area (Å²) in [6, 6.07) is 4.72. The van der Waals surface area contributed by atoms with E-state index in [-0.39, 0.29) is 23.8 Å². The molecule has 8 nitrogen and oxygen atoms in total. The first-order valence-corrected chi connectivity index (χ1v) is 8.15. The standard InChI is InChI=1S/C17H20FN7O/c1-9(2)26-15-6-14(24-25-15)22-16-12(8-21-17(19)23-16)10(3)13-5-4-11(18)7-20-13/h4-10H,1-3H3,(H4,19,21,22,23,24,25). The molecule has 0 fully saturated rings. The van der Waals surface area contributed by atoms with Crippen LogP contribution in [0, 0.1) is 5.82 Å². The number of hydrogen-bond acceptors (Lipinski definition) is 7. The van der Waals surface area contributed by atoms with Crippen molar-refractivity contribution >= 4 is 17.6 Å². The van der Waals surface area contributed by atoms with Crippen molar-refractivity contribution in [3.63, 3.8) is 0 Å². The number of ether oxygens (including phenoxy) is 1. The van der Waals surface area contributed by atoms with Gasteiger partial charge in [-0.15, -0.1) is 5.10 Å². The van der Waals surface area contributed by atoms with Gasteiger partial charge in [-0.05, 0) is 26.0 Å². The number of rotatable bonds is 6. The van der Waals surface area contributed by atoms with Gasteiger partial charge in [0.05, 0.1) is 12.3 Å². The lowest BCUT2D eigenvalue weighted by Gasteiger charge is -2.15. The Morgan fingerprint density at radius 1 is 1.19 bits per heavy atom. The first-order valence-electron chi connectivity index (χ1n) is 8.15. The number of halogens is 1. The van der Waals surface area contributed by atoms with Crippen LogP contribution >= 0.6 is 0 Å². The number of aromatic nitrogens is 5. The van der Waals surface area contributed by atoms with E-state index in [0.29, 0.717) is 23.2 Å². The number of nitrogens with two attached hydrogens (primary N) is 1. The van der Waals surface area contributed by atoms with Crippen molar-refractivity contribution in [3.05, 3.63) is 47.7 Å². The highest BCUT2D eigenvalue weighted by Crippen LogP contribution is 2.30. The largest absolute Gasteiger partial charge is 0.474 e. The van der Waals surface area contributed by atoms with Crippen molar-refractivity contribution in [1.29, 1.82) is 0 Å². The topological polar surface area (TPSA) is 115 Å². The fourth-order valence-electron chi connectivity index (χ4n) is 2.42. The van der Waals surface area contributed by atoms with Crippen LogP contribution in [0.2, 0.25) is 0 Å². The molecule has 3 rings (SSSR count). The van der Waals surface area contributed by atoms with E-state index in [4.69, 9.17) is 10.5 Å². The summed E-state index contributed by atoms with van der Waals surface area (Å²) in [7, 11) is 0. The fourth-order valence-corrected chi connectivity index (χ4v) is 2.42. The highest BCUT2D eigenvalue weighted by atomic mass is 19.1. The van der Waals surface area contributed by atoms with Gasteiger partial charge in [0.25, 0.3) is 0 Å². The molecule has 0 radical (unpaired) electrons. The van der Waals surface area contributed by atoms with Gasteiger partial charge >= 0.3 is 0 Å². The SMILES string of the molecule is CC(C)Oc1cc(Nc2nc(N)ncc2C(C)c2ccc(F)cn2)[nH]n1. The summed E-state index contributed by atoms with van der Waals surface area (Å²) in [5.41, 5.74) is 7.19. The molecule has 4 N–H and O–H groups in total.